The summed E-state index contributed by atoms with van der Waals surface area (Å²) >= 11 is 0. The zero-order valence-corrected chi connectivity index (χ0v) is 18.2. The molecule has 0 N–H and O–H groups in total. The Balaban J connectivity index is 1.81. The first-order valence-electron chi connectivity index (χ1n) is 10.6. The van der Waals surface area contributed by atoms with Crippen LogP contribution in [0.4, 0.5) is 4.79 Å². The van der Waals surface area contributed by atoms with Gasteiger partial charge in [-0.05, 0) is 65.9 Å². The highest BCUT2D eigenvalue weighted by atomic mass is 16.6. The van der Waals surface area contributed by atoms with Crippen molar-refractivity contribution < 1.29 is 9.53 Å². The smallest absolute Gasteiger partial charge is 0.410 e. The second-order valence-electron chi connectivity index (χ2n) is 9.24. The van der Waals surface area contributed by atoms with Crippen molar-refractivity contribution in [2.24, 2.45) is 5.92 Å². The Morgan fingerprint density at radius 2 is 1.62 bits per heavy atom. The second kappa shape index (κ2) is 8.73. The fourth-order valence-electron chi connectivity index (χ4n) is 4.55. The van der Waals surface area contributed by atoms with E-state index in [1.807, 2.05) is 39.0 Å². The summed E-state index contributed by atoms with van der Waals surface area (Å²) in [6, 6.07) is 10.3. The maximum Gasteiger partial charge on any atom is 0.410 e. The minimum absolute atomic E-state index is 0.260. The predicted molar refractivity (Wildman–Crippen MR) is 114 cm³/mol. The summed E-state index contributed by atoms with van der Waals surface area (Å²) in [4.78, 5) is 23.2. The van der Waals surface area contributed by atoms with Crippen molar-refractivity contribution >= 4 is 6.09 Å². The van der Waals surface area contributed by atoms with Gasteiger partial charge in [-0.2, -0.15) is 0 Å². The standard InChI is InChI=1S/C23H34N4O2/c1-22(2,3)29-21(28)26-15-17-27(18-16-26)23(24-4,19-9-7-6-8-10-19)20-11-13-25(5)14-12-20/h6-10,20H,11-18H2,1-3,5H3. The zero-order valence-electron chi connectivity index (χ0n) is 18.2. The van der Waals surface area contributed by atoms with Gasteiger partial charge in [0.15, 0.2) is 0 Å². The molecule has 6 heteroatoms. The van der Waals surface area contributed by atoms with Gasteiger partial charge in [-0.1, -0.05) is 18.2 Å². The third kappa shape index (κ3) is 4.73. The first-order valence-corrected chi connectivity index (χ1v) is 10.6. The van der Waals surface area contributed by atoms with Gasteiger partial charge in [0.25, 0.3) is 0 Å². The normalized spacial score (nSPS) is 22.0. The predicted octanol–water partition coefficient (Wildman–Crippen LogP) is 3.65. The molecule has 2 saturated heterocycles. The van der Waals surface area contributed by atoms with Crippen LogP contribution < -0.4 is 0 Å². The molecule has 1 unspecified atom stereocenters. The number of hydrogen-bond acceptors (Lipinski definition) is 4. The van der Waals surface area contributed by atoms with Crippen LogP contribution in [-0.2, 0) is 10.4 Å². The largest absolute Gasteiger partial charge is 0.444 e. The van der Waals surface area contributed by atoms with E-state index in [9.17, 15) is 4.79 Å². The van der Waals surface area contributed by atoms with Crippen LogP contribution in [0.2, 0.25) is 0 Å². The minimum atomic E-state index is -0.664. The number of amides is 1. The summed E-state index contributed by atoms with van der Waals surface area (Å²) in [6.07, 6.45) is 1.77. The lowest BCUT2D eigenvalue weighted by molar-refractivity contribution is -0.0171. The van der Waals surface area contributed by atoms with E-state index in [0.717, 1.165) is 31.5 Å². The molecule has 0 radical (unpaired) electrons. The number of rotatable bonds is 3. The van der Waals surface area contributed by atoms with Gasteiger partial charge >= 0.3 is 11.8 Å². The molecule has 1 atom stereocenters. The molecular weight excluding hydrogens is 364 g/mol. The first-order chi connectivity index (χ1) is 13.8. The molecule has 0 aliphatic carbocycles. The van der Waals surface area contributed by atoms with Gasteiger partial charge in [0.2, 0.25) is 0 Å². The van der Waals surface area contributed by atoms with Gasteiger partial charge in [0.1, 0.15) is 5.60 Å². The van der Waals surface area contributed by atoms with E-state index in [4.69, 9.17) is 11.3 Å². The van der Waals surface area contributed by atoms with Gasteiger partial charge in [-0.25, -0.2) is 16.3 Å². The van der Waals surface area contributed by atoms with Crippen molar-refractivity contribution in [1.29, 1.82) is 0 Å². The number of likely N-dealkylation sites (tertiary alicyclic amines) is 1. The fourth-order valence-corrected chi connectivity index (χ4v) is 4.55. The third-order valence-electron chi connectivity index (χ3n) is 6.07. The maximum atomic E-state index is 12.5. The van der Waals surface area contributed by atoms with Crippen LogP contribution in [0.3, 0.4) is 0 Å². The average molecular weight is 399 g/mol. The van der Waals surface area contributed by atoms with E-state index >= 15 is 0 Å². The molecule has 2 aliphatic heterocycles. The van der Waals surface area contributed by atoms with Gasteiger partial charge in [-0.15, -0.1) is 0 Å². The maximum absolute atomic E-state index is 12.5. The lowest BCUT2D eigenvalue weighted by Crippen LogP contribution is -2.59. The highest BCUT2D eigenvalue weighted by molar-refractivity contribution is 5.68. The Bertz CT molecular complexity index is 723. The molecule has 1 amide bonds. The molecule has 29 heavy (non-hydrogen) atoms. The monoisotopic (exact) mass is 398 g/mol. The Morgan fingerprint density at radius 3 is 2.14 bits per heavy atom. The number of carbonyl (C=O) groups is 1. The van der Waals surface area contributed by atoms with Crippen LogP contribution in [0.15, 0.2) is 30.3 Å². The second-order valence-corrected chi connectivity index (χ2v) is 9.24. The van der Waals surface area contributed by atoms with Crippen molar-refractivity contribution in [3.05, 3.63) is 47.3 Å². The van der Waals surface area contributed by atoms with E-state index in [1.54, 1.807) is 4.90 Å². The van der Waals surface area contributed by atoms with Gasteiger partial charge in [-0.3, -0.25) is 4.85 Å². The molecule has 2 fully saturated rings. The highest BCUT2D eigenvalue weighted by Gasteiger charge is 2.53. The fraction of sp³-hybridized carbons (Fsp3) is 0.652. The summed E-state index contributed by atoms with van der Waals surface area (Å²) in [5.74, 6) is 0.284. The number of carbonyl (C=O) groups excluding carboxylic acids is 1. The van der Waals surface area contributed by atoms with Crippen molar-refractivity contribution in [2.75, 3.05) is 46.3 Å². The molecule has 1 aromatic carbocycles. The van der Waals surface area contributed by atoms with Crippen LogP contribution in [0.25, 0.3) is 4.85 Å². The molecule has 2 heterocycles. The molecule has 6 nitrogen and oxygen atoms in total. The average Bonchev–Trinajstić information content (AvgIpc) is 2.70. The molecule has 0 saturated carbocycles. The lowest BCUT2D eigenvalue weighted by Gasteiger charge is -2.45. The highest BCUT2D eigenvalue weighted by Crippen LogP contribution is 2.43. The molecule has 0 bridgehead atoms. The molecule has 158 valence electrons. The number of hydrogen-bond donors (Lipinski definition) is 0. The molecule has 3 rings (SSSR count). The summed E-state index contributed by atoms with van der Waals surface area (Å²) in [6.45, 7) is 18.5. The Hall–Kier alpha value is -2.10. The first kappa shape index (κ1) is 21.6. The van der Waals surface area contributed by atoms with E-state index in [0.29, 0.717) is 26.2 Å². The lowest BCUT2D eigenvalue weighted by atomic mass is 9.78. The zero-order chi connectivity index (χ0) is 21.1. The van der Waals surface area contributed by atoms with Crippen LogP contribution in [0, 0.1) is 12.5 Å². The van der Waals surface area contributed by atoms with E-state index in [1.165, 1.54) is 0 Å². The summed E-state index contributed by atoms with van der Waals surface area (Å²) in [7, 11) is 2.15. The quantitative estimate of drug-likeness (QED) is 0.729. The van der Waals surface area contributed by atoms with E-state index in [-0.39, 0.29) is 12.0 Å². The number of piperazine rings is 1. The summed E-state index contributed by atoms with van der Waals surface area (Å²) < 4.78 is 5.54. The van der Waals surface area contributed by atoms with Gasteiger partial charge < -0.3 is 14.5 Å². The van der Waals surface area contributed by atoms with Crippen LogP contribution >= 0.6 is 0 Å². The Kier molecular flexibility index (Phi) is 6.50. The number of ether oxygens (including phenoxy) is 1. The van der Waals surface area contributed by atoms with Crippen LogP contribution in [-0.4, -0.2) is 72.7 Å². The van der Waals surface area contributed by atoms with Crippen molar-refractivity contribution in [3.63, 3.8) is 0 Å². The molecular formula is C23H34N4O2. The number of piperidine rings is 1. The topological polar surface area (TPSA) is 40.4 Å². The molecule has 0 aromatic heterocycles. The van der Waals surface area contributed by atoms with Gasteiger partial charge in [0, 0.05) is 26.2 Å². The van der Waals surface area contributed by atoms with E-state index in [2.05, 4.69) is 33.8 Å². The number of nitrogens with zero attached hydrogens (tertiary/aromatic N) is 4. The summed E-state index contributed by atoms with van der Waals surface area (Å²) in [5, 5.41) is 0. The third-order valence-corrected chi connectivity index (χ3v) is 6.07. The SMILES string of the molecule is [C-]#[N+]C(c1ccccc1)(C1CCN(C)CC1)N1CCN(C(=O)OC(C)(C)C)CC1. The van der Waals surface area contributed by atoms with Crippen LogP contribution in [0.5, 0.6) is 0 Å². The Morgan fingerprint density at radius 1 is 1.03 bits per heavy atom. The Labute approximate surface area is 175 Å². The molecule has 0 spiro atoms. The van der Waals surface area contributed by atoms with Crippen LogP contribution in [0.1, 0.15) is 39.2 Å². The number of benzene rings is 1. The summed E-state index contributed by atoms with van der Waals surface area (Å²) in [5.41, 5.74) is -0.0786. The molecule has 2 aliphatic rings. The van der Waals surface area contributed by atoms with Crippen molar-refractivity contribution in [2.45, 2.75) is 44.9 Å². The van der Waals surface area contributed by atoms with E-state index < -0.39 is 11.3 Å². The van der Waals surface area contributed by atoms with Gasteiger partial charge in [0.05, 0.1) is 11.5 Å². The minimum Gasteiger partial charge on any atom is -0.444 e. The molecule has 1 aromatic rings. The van der Waals surface area contributed by atoms with Crippen molar-refractivity contribution in [3.8, 4) is 0 Å². The van der Waals surface area contributed by atoms with Crippen molar-refractivity contribution in [1.82, 2.24) is 14.7 Å².